The number of alkyl halides is 3. The van der Waals surface area contributed by atoms with Crippen molar-refractivity contribution in [3.8, 4) is 5.75 Å². The first kappa shape index (κ1) is 18.3. The summed E-state index contributed by atoms with van der Waals surface area (Å²) in [5.74, 6) is -0.273. The predicted molar refractivity (Wildman–Crippen MR) is 75.6 cm³/mol. The molecule has 0 radical (unpaired) electrons. The Morgan fingerprint density at radius 2 is 2.05 bits per heavy atom. The number of ether oxygens (including phenoxy) is 1. The van der Waals surface area contributed by atoms with Crippen molar-refractivity contribution in [1.29, 1.82) is 0 Å². The molecule has 1 aromatic carbocycles. The van der Waals surface area contributed by atoms with Crippen molar-refractivity contribution in [2.24, 2.45) is 5.92 Å². The van der Waals surface area contributed by atoms with Crippen LogP contribution in [0, 0.1) is 5.92 Å². The fraction of sp³-hybridized carbons (Fsp3) is 0.533. The van der Waals surface area contributed by atoms with Gasteiger partial charge in [0.25, 0.3) is 0 Å². The van der Waals surface area contributed by atoms with E-state index in [-0.39, 0.29) is 36.6 Å². The van der Waals surface area contributed by atoms with Crippen LogP contribution in [-0.4, -0.2) is 36.4 Å². The molecule has 2 unspecified atom stereocenters. The number of hydrogen-bond donors (Lipinski definition) is 2. The SMILES string of the molecule is CC(CO)C(C)NC(=O)Cc1cccc(OCC(F)(F)F)c1. The molecule has 2 atom stereocenters. The van der Waals surface area contributed by atoms with Gasteiger partial charge in [0.05, 0.1) is 6.42 Å². The van der Waals surface area contributed by atoms with Crippen LogP contribution >= 0.6 is 0 Å². The highest BCUT2D eigenvalue weighted by molar-refractivity contribution is 5.78. The minimum Gasteiger partial charge on any atom is -0.484 e. The van der Waals surface area contributed by atoms with Crippen LogP contribution in [0.2, 0.25) is 0 Å². The highest BCUT2D eigenvalue weighted by Crippen LogP contribution is 2.19. The first-order valence-electron chi connectivity index (χ1n) is 6.90. The summed E-state index contributed by atoms with van der Waals surface area (Å²) < 4.78 is 40.9. The van der Waals surface area contributed by atoms with Crippen molar-refractivity contribution in [2.45, 2.75) is 32.5 Å². The van der Waals surface area contributed by atoms with E-state index in [2.05, 4.69) is 10.1 Å². The highest BCUT2D eigenvalue weighted by Gasteiger charge is 2.28. The lowest BCUT2D eigenvalue weighted by Crippen LogP contribution is -2.39. The van der Waals surface area contributed by atoms with Crippen LogP contribution < -0.4 is 10.1 Å². The second-order valence-electron chi connectivity index (χ2n) is 5.24. The number of halogens is 3. The lowest BCUT2D eigenvalue weighted by Gasteiger charge is -2.19. The van der Waals surface area contributed by atoms with Crippen LogP contribution in [0.4, 0.5) is 13.2 Å². The van der Waals surface area contributed by atoms with Crippen LogP contribution in [0.15, 0.2) is 24.3 Å². The van der Waals surface area contributed by atoms with Crippen LogP contribution in [0.25, 0.3) is 0 Å². The second-order valence-corrected chi connectivity index (χ2v) is 5.24. The van der Waals surface area contributed by atoms with Gasteiger partial charge in [-0.05, 0) is 30.5 Å². The predicted octanol–water partition coefficient (Wildman–Crippen LogP) is 2.30. The van der Waals surface area contributed by atoms with Gasteiger partial charge in [0.2, 0.25) is 5.91 Å². The zero-order valence-electron chi connectivity index (χ0n) is 12.5. The number of amides is 1. The summed E-state index contributed by atoms with van der Waals surface area (Å²) in [6, 6.07) is 5.80. The molecular formula is C15H20F3NO3. The molecule has 0 aliphatic carbocycles. The molecule has 2 N–H and O–H groups in total. The Morgan fingerprint density at radius 1 is 1.36 bits per heavy atom. The number of nitrogens with one attached hydrogen (secondary N) is 1. The highest BCUT2D eigenvalue weighted by atomic mass is 19.4. The molecule has 4 nitrogen and oxygen atoms in total. The van der Waals surface area contributed by atoms with Gasteiger partial charge in [-0.1, -0.05) is 19.1 Å². The van der Waals surface area contributed by atoms with Gasteiger partial charge in [-0.15, -0.1) is 0 Å². The molecular weight excluding hydrogens is 299 g/mol. The fourth-order valence-corrected chi connectivity index (χ4v) is 1.70. The maximum atomic E-state index is 12.1. The molecule has 0 spiro atoms. The molecule has 7 heteroatoms. The van der Waals surface area contributed by atoms with Crippen LogP contribution in [-0.2, 0) is 11.2 Å². The van der Waals surface area contributed by atoms with E-state index in [1.807, 2.05) is 0 Å². The van der Waals surface area contributed by atoms with Crippen molar-refractivity contribution in [2.75, 3.05) is 13.2 Å². The Labute approximate surface area is 127 Å². The molecule has 0 saturated heterocycles. The maximum Gasteiger partial charge on any atom is 0.422 e. The van der Waals surface area contributed by atoms with Gasteiger partial charge in [-0.3, -0.25) is 4.79 Å². The summed E-state index contributed by atoms with van der Waals surface area (Å²) >= 11 is 0. The largest absolute Gasteiger partial charge is 0.484 e. The summed E-state index contributed by atoms with van der Waals surface area (Å²) in [5.41, 5.74) is 0.557. The van der Waals surface area contributed by atoms with E-state index in [0.717, 1.165) is 0 Å². The van der Waals surface area contributed by atoms with E-state index < -0.39 is 12.8 Å². The standard InChI is InChI=1S/C15H20F3NO3/c1-10(8-20)11(2)19-14(21)7-12-4-3-5-13(6-12)22-9-15(16,17)18/h3-6,10-11,20H,7-9H2,1-2H3,(H,19,21). The zero-order valence-corrected chi connectivity index (χ0v) is 12.5. The van der Waals surface area contributed by atoms with Gasteiger partial charge in [-0.2, -0.15) is 13.2 Å². The third-order valence-electron chi connectivity index (χ3n) is 3.20. The van der Waals surface area contributed by atoms with Gasteiger partial charge in [-0.25, -0.2) is 0 Å². The number of rotatable bonds is 7. The van der Waals surface area contributed by atoms with Crippen LogP contribution in [0.1, 0.15) is 19.4 Å². The lowest BCUT2D eigenvalue weighted by molar-refractivity contribution is -0.153. The summed E-state index contributed by atoms with van der Waals surface area (Å²) in [7, 11) is 0. The van der Waals surface area contributed by atoms with Crippen molar-refractivity contribution < 1.29 is 27.8 Å². The monoisotopic (exact) mass is 319 g/mol. The molecule has 22 heavy (non-hydrogen) atoms. The topological polar surface area (TPSA) is 58.6 Å². The van der Waals surface area contributed by atoms with Gasteiger partial charge >= 0.3 is 6.18 Å². The summed E-state index contributed by atoms with van der Waals surface area (Å²) in [6.07, 6.45) is -4.37. The average molecular weight is 319 g/mol. The van der Waals surface area contributed by atoms with Gasteiger partial charge in [0.1, 0.15) is 5.75 Å². The Hall–Kier alpha value is -1.76. The Bertz CT molecular complexity index is 491. The number of hydrogen-bond acceptors (Lipinski definition) is 3. The average Bonchev–Trinajstić information content (AvgIpc) is 2.43. The Balaban J connectivity index is 2.57. The molecule has 0 aromatic heterocycles. The summed E-state index contributed by atoms with van der Waals surface area (Å²) in [5, 5.41) is 11.7. The Kier molecular flexibility index (Phi) is 6.67. The first-order chi connectivity index (χ1) is 10.2. The maximum absolute atomic E-state index is 12.1. The second kappa shape index (κ2) is 8.03. The van der Waals surface area contributed by atoms with E-state index >= 15 is 0 Å². The molecule has 0 aliphatic rings. The van der Waals surface area contributed by atoms with Crippen LogP contribution in [0.3, 0.4) is 0 Å². The van der Waals surface area contributed by atoms with Crippen molar-refractivity contribution in [3.05, 3.63) is 29.8 Å². The van der Waals surface area contributed by atoms with E-state index in [1.54, 1.807) is 19.9 Å². The summed E-state index contributed by atoms with van der Waals surface area (Å²) in [4.78, 5) is 11.9. The smallest absolute Gasteiger partial charge is 0.422 e. The normalized spacial score (nSPS) is 14.3. The van der Waals surface area contributed by atoms with E-state index in [0.29, 0.717) is 5.56 Å². The Morgan fingerprint density at radius 3 is 2.64 bits per heavy atom. The quantitative estimate of drug-likeness (QED) is 0.811. The third-order valence-corrected chi connectivity index (χ3v) is 3.20. The fourth-order valence-electron chi connectivity index (χ4n) is 1.70. The minimum atomic E-state index is -4.40. The number of aliphatic hydroxyl groups is 1. The molecule has 1 amide bonds. The van der Waals surface area contributed by atoms with E-state index in [1.165, 1.54) is 18.2 Å². The molecule has 0 saturated carbocycles. The number of carbonyl (C=O) groups excluding carboxylic acids is 1. The zero-order chi connectivity index (χ0) is 16.8. The first-order valence-corrected chi connectivity index (χ1v) is 6.90. The third kappa shape index (κ3) is 6.80. The molecule has 0 aliphatic heterocycles. The van der Waals surface area contributed by atoms with Crippen LogP contribution in [0.5, 0.6) is 5.75 Å². The minimum absolute atomic E-state index is 0.0334. The number of benzene rings is 1. The van der Waals surface area contributed by atoms with Gasteiger partial charge in [0.15, 0.2) is 6.61 Å². The number of carbonyl (C=O) groups is 1. The lowest BCUT2D eigenvalue weighted by atomic mass is 10.0. The molecule has 0 bridgehead atoms. The molecule has 0 fully saturated rings. The molecule has 1 rings (SSSR count). The number of aliphatic hydroxyl groups excluding tert-OH is 1. The summed E-state index contributed by atoms with van der Waals surface area (Å²) in [6.45, 7) is 2.17. The van der Waals surface area contributed by atoms with Crippen molar-refractivity contribution in [1.82, 2.24) is 5.32 Å². The van der Waals surface area contributed by atoms with E-state index in [4.69, 9.17) is 5.11 Å². The molecule has 0 heterocycles. The van der Waals surface area contributed by atoms with E-state index in [9.17, 15) is 18.0 Å². The van der Waals surface area contributed by atoms with Crippen molar-refractivity contribution >= 4 is 5.91 Å². The van der Waals surface area contributed by atoms with Gasteiger partial charge in [0, 0.05) is 12.6 Å². The molecule has 124 valence electrons. The molecule has 1 aromatic rings. The van der Waals surface area contributed by atoms with Crippen molar-refractivity contribution in [3.63, 3.8) is 0 Å². The van der Waals surface area contributed by atoms with Gasteiger partial charge < -0.3 is 15.2 Å².